The molecule has 0 unspecified atom stereocenters. The molecule has 0 saturated heterocycles. The van der Waals surface area contributed by atoms with Crippen molar-refractivity contribution in [3.63, 3.8) is 0 Å². The van der Waals surface area contributed by atoms with E-state index in [1.54, 1.807) is 0 Å². The Kier molecular flexibility index (Phi) is 5.55. The summed E-state index contributed by atoms with van der Waals surface area (Å²) in [6, 6.07) is 52.1. The van der Waals surface area contributed by atoms with Gasteiger partial charge in [0, 0.05) is 66.8 Å². The Bertz CT molecular complexity index is 3360. The molecule has 0 fully saturated rings. The summed E-state index contributed by atoms with van der Waals surface area (Å²) in [4.78, 5) is 0. The maximum atomic E-state index is 2.53. The minimum Gasteiger partial charge on any atom is -0.313 e. The molecule has 0 saturated carbocycles. The third kappa shape index (κ3) is 3.60. The Morgan fingerprint density at radius 3 is 1.98 bits per heavy atom. The van der Waals surface area contributed by atoms with Gasteiger partial charge in [0.2, 0.25) is 0 Å². The van der Waals surface area contributed by atoms with E-state index in [0.717, 1.165) is 18.5 Å². The van der Waals surface area contributed by atoms with Crippen LogP contribution in [0.4, 0.5) is 0 Å². The van der Waals surface area contributed by atoms with Crippen molar-refractivity contribution in [1.29, 1.82) is 0 Å². The van der Waals surface area contributed by atoms with Crippen molar-refractivity contribution in [3.8, 4) is 11.4 Å². The largest absolute Gasteiger partial charge is 0.313 e. The molecule has 0 spiro atoms. The Balaban J connectivity index is 1.24. The van der Waals surface area contributed by atoms with Gasteiger partial charge in [0.1, 0.15) is 0 Å². The number of hydrogen-bond donors (Lipinski definition) is 0. The zero-order valence-corrected chi connectivity index (χ0v) is 28.8. The Labute approximate surface area is 299 Å². The van der Waals surface area contributed by atoms with E-state index in [-0.39, 0.29) is 0 Å². The monoisotopic (exact) mass is 663 g/mol. The lowest BCUT2D eigenvalue weighted by Crippen LogP contribution is -2.04. The molecule has 0 atom stereocenters. The second-order valence-corrected chi connectivity index (χ2v) is 14.4. The number of aromatic nitrogens is 3. The third-order valence-corrected chi connectivity index (χ3v) is 11.8. The Hall–Kier alpha value is -6.58. The first-order valence-electron chi connectivity index (χ1n) is 18.4. The number of fused-ring (bicyclic) bond motifs is 14. The molecular formula is C49H33N3. The van der Waals surface area contributed by atoms with E-state index < -0.39 is 0 Å². The van der Waals surface area contributed by atoms with Crippen LogP contribution < -0.4 is 0 Å². The second kappa shape index (κ2) is 10.2. The first kappa shape index (κ1) is 28.2. The summed E-state index contributed by atoms with van der Waals surface area (Å²) >= 11 is 0. The molecule has 244 valence electrons. The topological polar surface area (TPSA) is 14.3 Å². The zero-order chi connectivity index (χ0) is 34.1. The highest BCUT2D eigenvalue weighted by atomic mass is 15.0. The minimum atomic E-state index is 0.934. The third-order valence-electron chi connectivity index (χ3n) is 11.8. The van der Waals surface area contributed by atoms with E-state index >= 15 is 0 Å². The zero-order valence-electron chi connectivity index (χ0n) is 28.8. The molecule has 0 aliphatic heterocycles. The molecule has 11 aromatic rings. The summed E-state index contributed by atoms with van der Waals surface area (Å²) in [6.07, 6.45) is 8.82. The van der Waals surface area contributed by atoms with Gasteiger partial charge in [-0.1, -0.05) is 116 Å². The van der Waals surface area contributed by atoms with Crippen molar-refractivity contribution in [2.45, 2.75) is 19.8 Å². The van der Waals surface area contributed by atoms with Crippen LogP contribution in [0.25, 0.3) is 99.0 Å². The van der Waals surface area contributed by atoms with Crippen molar-refractivity contribution in [3.05, 3.63) is 169 Å². The van der Waals surface area contributed by atoms with Gasteiger partial charge in [0.05, 0.1) is 33.1 Å². The average Bonchev–Trinajstić information content (AvgIpc) is 3.85. The van der Waals surface area contributed by atoms with Gasteiger partial charge < -0.3 is 13.5 Å². The van der Waals surface area contributed by atoms with E-state index in [2.05, 4.69) is 178 Å². The fourth-order valence-electron chi connectivity index (χ4n) is 9.52. The normalized spacial score (nSPS) is 13.5. The molecule has 7 aromatic carbocycles. The second-order valence-electron chi connectivity index (χ2n) is 14.4. The fraction of sp³-hybridized carbons (Fsp3) is 0.0612. The van der Waals surface area contributed by atoms with Gasteiger partial charge in [0.15, 0.2) is 0 Å². The molecule has 4 heterocycles. The quantitative estimate of drug-likeness (QED) is 0.179. The van der Waals surface area contributed by atoms with E-state index in [1.165, 1.54) is 104 Å². The summed E-state index contributed by atoms with van der Waals surface area (Å²) in [7, 11) is 0. The standard InChI is InChI=1S/C49H33N3/c1-2-30-13-11-21-36-35-18-5-8-22-41(35)50(44(36)25-30)33-16-12-17-34(28-33)51-45-27-32-15-4-3-14-31(32)26-40(45)47-46(51)29-39-37-19-6-9-23-42(37)52-43-24-10-7-20-38(43)48(47)49(39)52/h3-24,26-29H,2,25H2,1H3. The predicted molar refractivity (Wildman–Crippen MR) is 221 cm³/mol. The van der Waals surface area contributed by atoms with Crippen LogP contribution in [0, 0.1) is 0 Å². The summed E-state index contributed by atoms with van der Waals surface area (Å²) in [5.74, 6) is 0. The molecule has 0 N–H and O–H groups in total. The molecule has 1 aliphatic carbocycles. The van der Waals surface area contributed by atoms with Gasteiger partial charge in [-0.3, -0.25) is 0 Å². The first-order chi connectivity index (χ1) is 25.8. The molecule has 12 rings (SSSR count). The SMILES string of the molecule is CCC1=CC=Cc2c(n(-c3cccc(-n4c5cc6ccccc6cc5c5c6c7ccccc7n7c8ccccc8c(cc54)c67)c3)c3ccccc23)C1. The van der Waals surface area contributed by atoms with Gasteiger partial charge in [0.25, 0.3) is 0 Å². The van der Waals surface area contributed by atoms with Crippen molar-refractivity contribution in [2.24, 2.45) is 0 Å². The Morgan fingerprint density at radius 1 is 0.500 bits per heavy atom. The van der Waals surface area contributed by atoms with E-state index in [9.17, 15) is 0 Å². The van der Waals surface area contributed by atoms with Crippen LogP contribution in [0.15, 0.2) is 157 Å². The van der Waals surface area contributed by atoms with Crippen molar-refractivity contribution in [1.82, 2.24) is 13.5 Å². The predicted octanol–water partition coefficient (Wildman–Crippen LogP) is 12.9. The number of rotatable bonds is 3. The van der Waals surface area contributed by atoms with E-state index in [0.29, 0.717) is 0 Å². The van der Waals surface area contributed by atoms with E-state index in [1.807, 2.05) is 0 Å². The maximum Gasteiger partial charge on any atom is 0.0628 e. The number of nitrogens with zero attached hydrogens (tertiary/aromatic N) is 3. The number of hydrogen-bond acceptors (Lipinski definition) is 0. The number of benzene rings is 7. The van der Waals surface area contributed by atoms with Gasteiger partial charge in [-0.05, 0) is 71.8 Å². The minimum absolute atomic E-state index is 0.934. The van der Waals surface area contributed by atoms with Gasteiger partial charge in [-0.15, -0.1) is 0 Å². The summed E-state index contributed by atoms with van der Waals surface area (Å²) in [6.45, 7) is 2.27. The summed E-state index contributed by atoms with van der Waals surface area (Å²) < 4.78 is 7.54. The molecule has 4 aromatic heterocycles. The van der Waals surface area contributed by atoms with Crippen LogP contribution in [-0.2, 0) is 6.42 Å². The van der Waals surface area contributed by atoms with Crippen molar-refractivity contribution >= 4 is 87.7 Å². The lowest BCUT2D eigenvalue weighted by molar-refractivity contribution is 0.925. The van der Waals surface area contributed by atoms with Crippen LogP contribution in [-0.4, -0.2) is 13.5 Å². The molecule has 3 nitrogen and oxygen atoms in total. The maximum absolute atomic E-state index is 2.53. The lowest BCUT2D eigenvalue weighted by atomic mass is 10.0. The molecule has 0 bridgehead atoms. The highest BCUT2D eigenvalue weighted by Crippen LogP contribution is 2.47. The summed E-state index contributed by atoms with van der Waals surface area (Å²) in [5, 5.41) is 11.6. The smallest absolute Gasteiger partial charge is 0.0628 e. The van der Waals surface area contributed by atoms with Gasteiger partial charge >= 0.3 is 0 Å². The number of para-hydroxylation sites is 3. The molecule has 52 heavy (non-hydrogen) atoms. The molecule has 0 amide bonds. The van der Waals surface area contributed by atoms with Crippen LogP contribution >= 0.6 is 0 Å². The van der Waals surface area contributed by atoms with E-state index in [4.69, 9.17) is 0 Å². The van der Waals surface area contributed by atoms with Crippen LogP contribution in [0.5, 0.6) is 0 Å². The molecule has 0 radical (unpaired) electrons. The van der Waals surface area contributed by atoms with Crippen molar-refractivity contribution in [2.75, 3.05) is 0 Å². The van der Waals surface area contributed by atoms with Crippen LogP contribution in [0.2, 0.25) is 0 Å². The Morgan fingerprint density at radius 2 is 1.17 bits per heavy atom. The van der Waals surface area contributed by atoms with Crippen molar-refractivity contribution < 1.29 is 0 Å². The lowest BCUT2D eigenvalue weighted by Gasteiger charge is -2.15. The molecule has 1 aliphatic rings. The molecular weight excluding hydrogens is 631 g/mol. The summed E-state index contributed by atoms with van der Waals surface area (Å²) in [5.41, 5.74) is 14.0. The highest BCUT2D eigenvalue weighted by Gasteiger charge is 2.25. The van der Waals surface area contributed by atoms with Gasteiger partial charge in [-0.25, -0.2) is 0 Å². The van der Waals surface area contributed by atoms with Crippen LogP contribution in [0.3, 0.4) is 0 Å². The molecule has 3 heteroatoms. The first-order valence-corrected chi connectivity index (χ1v) is 18.4. The number of allylic oxidation sites excluding steroid dienone is 3. The van der Waals surface area contributed by atoms with Crippen LogP contribution in [0.1, 0.15) is 24.6 Å². The van der Waals surface area contributed by atoms with Gasteiger partial charge in [-0.2, -0.15) is 0 Å². The average molecular weight is 664 g/mol. The highest BCUT2D eigenvalue weighted by molar-refractivity contribution is 6.36. The fourth-order valence-corrected chi connectivity index (χ4v) is 9.52.